The molecule has 28 heavy (non-hydrogen) atoms. The summed E-state index contributed by atoms with van der Waals surface area (Å²) in [6.07, 6.45) is 0.762. The molecule has 8 N–H and O–H groups in total. The van der Waals surface area contributed by atoms with E-state index in [9.17, 15) is 23.1 Å². The first kappa shape index (κ1) is 22.2. The van der Waals surface area contributed by atoms with E-state index in [-0.39, 0.29) is 11.7 Å². The van der Waals surface area contributed by atoms with Crippen LogP contribution in [0.1, 0.15) is 56.4 Å². The maximum Gasteiger partial charge on any atom is 0.324 e. The molecule has 0 spiro atoms. The van der Waals surface area contributed by atoms with Crippen molar-refractivity contribution in [3.8, 4) is 0 Å². The summed E-state index contributed by atoms with van der Waals surface area (Å²) in [6, 6.07) is -3.65. The number of nitrogens with zero attached hydrogens (tertiary/aromatic N) is 2. The summed E-state index contributed by atoms with van der Waals surface area (Å²) in [5, 5.41) is 22.1. The summed E-state index contributed by atoms with van der Waals surface area (Å²) < 4.78 is 33.3. The molecule has 1 saturated carbocycles. The van der Waals surface area contributed by atoms with Crippen molar-refractivity contribution in [3.63, 3.8) is 0 Å². The highest BCUT2D eigenvalue weighted by Gasteiger charge is 2.33. The smallest absolute Gasteiger partial charge is 0.324 e. The van der Waals surface area contributed by atoms with Crippen molar-refractivity contribution in [1.82, 2.24) is 19.6 Å². The summed E-state index contributed by atoms with van der Waals surface area (Å²) >= 11 is 0. The number of carbonyl (C=O) groups is 2. The second-order valence-electron chi connectivity index (χ2n) is 6.80. The average molecular weight is 420 g/mol. The van der Waals surface area contributed by atoms with Crippen molar-refractivity contribution >= 4 is 22.1 Å². The van der Waals surface area contributed by atoms with Crippen molar-refractivity contribution in [3.05, 3.63) is 11.7 Å². The maximum absolute atomic E-state index is 12.2. The summed E-state index contributed by atoms with van der Waals surface area (Å²) in [4.78, 5) is 26.4. The Morgan fingerprint density at radius 2 is 2.00 bits per heavy atom. The Balaban J connectivity index is 2.15. The zero-order valence-corrected chi connectivity index (χ0v) is 15.9. The highest BCUT2D eigenvalue weighted by molar-refractivity contribution is 7.87. The van der Waals surface area contributed by atoms with Crippen LogP contribution in [-0.2, 0) is 19.8 Å². The van der Waals surface area contributed by atoms with E-state index >= 15 is 0 Å². The fraction of sp³-hybridized carbons (Fsp3) is 0.714. The van der Waals surface area contributed by atoms with Crippen LogP contribution < -0.4 is 20.9 Å². The number of aromatic nitrogens is 2. The fourth-order valence-corrected chi connectivity index (χ4v) is 3.74. The Morgan fingerprint density at radius 3 is 2.50 bits per heavy atom. The van der Waals surface area contributed by atoms with Gasteiger partial charge in [0.25, 0.3) is 10.2 Å². The van der Waals surface area contributed by atoms with E-state index in [2.05, 4.69) is 10.1 Å². The SMILES string of the molecule is CC(O)C(NS(=O)(=O)N[C@@H](CC(N)=O)c1nc([C@H](N)CC2CC2)no1)C(=O)O. The normalized spacial score (nSPS) is 19.0. The fourth-order valence-electron chi connectivity index (χ4n) is 2.48. The summed E-state index contributed by atoms with van der Waals surface area (Å²) in [5.41, 5.74) is 11.1. The summed E-state index contributed by atoms with van der Waals surface area (Å²) in [5.74, 6) is -2.03. The van der Waals surface area contributed by atoms with Crippen LogP contribution in [-0.4, -0.2) is 52.8 Å². The van der Waals surface area contributed by atoms with Crippen LogP contribution in [0.25, 0.3) is 0 Å². The van der Waals surface area contributed by atoms with Crippen LogP contribution in [0.2, 0.25) is 0 Å². The van der Waals surface area contributed by atoms with Gasteiger partial charge in [-0.2, -0.15) is 22.8 Å². The lowest BCUT2D eigenvalue weighted by molar-refractivity contribution is -0.141. The molecular formula is C14H24N6O7S. The van der Waals surface area contributed by atoms with Crippen LogP contribution in [0.4, 0.5) is 0 Å². The molecule has 0 saturated heterocycles. The van der Waals surface area contributed by atoms with Crippen molar-refractivity contribution < 1.29 is 32.7 Å². The van der Waals surface area contributed by atoms with Gasteiger partial charge in [-0.1, -0.05) is 18.0 Å². The minimum absolute atomic E-state index is 0.163. The lowest BCUT2D eigenvalue weighted by Gasteiger charge is -2.19. The second-order valence-corrected chi connectivity index (χ2v) is 8.27. The third-order valence-corrected chi connectivity index (χ3v) is 5.26. The number of hydrogen-bond donors (Lipinski definition) is 6. The van der Waals surface area contributed by atoms with Crippen molar-refractivity contribution in [2.45, 2.75) is 56.8 Å². The molecule has 2 rings (SSSR count). The molecule has 158 valence electrons. The predicted octanol–water partition coefficient (Wildman–Crippen LogP) is -1.96. The van der Waals surface area contributed by atoms with Gasteiger partial charge in [-0.25, -0.2) is 0 Å². The molecule has 1 heterocycles. The lowest BCUT2D eigenvalue weighted by atomic mass is 10.1. The molecule has 0 radical (unpaired) electrons. The third-order valence-electron chi connectivity index (χ3n) is 4.10. The molecule has 14 heteroatoms. The highest BCUT2D eigenvalue weighted by Crippen LogP contribution is 2.36. The molecule has 2 unspecified atom stereocenters. The third kappa shape index (κ3) is 6.49. The topological polar surface area (TPSA) is 224 Å². The number of amides is 1. The van der Waals surface area contributed by atoms with Crippen LogP contribution >= 0.6 is 0 Å². The van der Waals surface area contributed by atoms with Gasteiger partial charge in [0, 0.05) is 0 Å². The van der Waals surface area contributed by atoms with E-state index in [4.69, 9.17) is 21.1 Å². The Morgan fingerprint density at radius 1 is 1.36 bits per heavy atom. The van der Waals surface area contributed by atoms with Crippen LogP contribution in [0.15, 0.2) is 4.52 Å². The van der Waals surface area contributed by atoms with Crippen LogP contribution in [0.5, 0.6) is 0 Å². The van der Waals surface area contributed by atoms with Gasteiger partial charge < -0.3 is 26.2 Å². The number of aliphatic carboxylic acids is 1. The highest BCUT2D eigenvalue weighted by atomic mass is 32.2. The molecule has 0 aliphatic heterocycles. The van der Waals surface area contributed by atoms with E-state index in [0.29, 0.717) is 12.3 Å². The molecule has 1 aromatic rings. The minimum atomic E-state index is -4.49. The summed E-state index contributed by atoms with van der Waals surface area (Å²) in [7, 11) is -4.49. The van der Waals surface area contributed by atoms with Crippen molar-refractivity contribution in [2.75, 3.05) is 0 Å². The molecular weight excluding hydrogens is 396 g/mol. The first-order valence-corrected chi connectivity index (χ1v) is 10.0. The van der Waals surface area contributed by atoms with E-state index in [1.807, 2.05) is 4.72 Å². The van der Waals surface area contributed by atoms with Gasteiger partial charge in [-0.05, 0) is 19.3 Å². The number of rotatable bonds is 12. The monoisotopic (exact) mass is 420 g/mol. The van der Waals surface area contributed by atoms with Gasteiger partial charge in [-0.3, -0.25) is 9.59 Å². The Bertz CT molecular complexity index is 807. The van der Waals surface area contributed by atoms with Gasteiger partial charge in [0.15, 0.2) is 5.82 Å². The van der Waals surface area contributed by atoms with E-state index in [0.717, 1.165) is 19.8 Å². The predicted molar refractivity (Wildman–Crippen MR) is 93.4 cm³/mol. The standard InChI is InChI=1S/C14H24N6O7S/c1-6(21)11(14(23)24)20-28(25,26)19-9(5-10(16)22)13-17-12(18-27-13)8(15)4-7-2-3-7/h6-9,11,19-21H,2-5,15H2,1H3,(H2,16,22)(H,23,24)/t6?,8-,9+,11?/m1/s1. The van der Waals surface area contributed by atoms with E-state index in [1.54, 1.807) is 4.72 Å². The van der Waals surface area contributed by atoms with Gasteiger partial charge in [0.05, 0.1) is 18.6 Å². The molecule has 1 amide bonds. The number of hydrogen-bond acceptors (Lipinski definition) is 9. The van der Waals surface area contributed by atoms with Gasteiger partial charge in [0.1, 0.15) is 12.1 Å². The number of carboxylic acid groups (broad SMARTS) is 1. The number of carbonyl (C=O) groups excluding carboxylic acids is 1. The van der Waals surface area contributed by atoms with E-state index < -0.39 is 52.7 Å². The quantitative estimate of drug-likeness (QED) is 0.219. The maximum atomic E-state index is 12.2. The van der Waals surface area contributed by atoms with Crippen LogP contribution in [0, 0.1) is 5.92 Å². The molecule has 4 atom stereocenters. The van der Waals surface area contributed by atoms with Gasteiger partial charge >= 0.3 is 5.97 Å². The molecule has 1 fully saturated rings. The van der Waals surface area contributed by atoms with Crippen molar-refractivity contribution in [2.24, 2.45) is 17.4 Å². The largest absolute Gasteiger partial charge is 0.480 e. The first-order valence-electron chi connectivity index (χ1n) is 8.56. The second kappa shape index (κ2) is 8.91. The number of aliphatic hydroxyl groups excluding tert-OH is 1. The zero-order valence-electron chi connectivity index (χ0n) is 15.1. The van der Waals surface area contributed by atoms with E-state index in [1.165, 1.54) is 0 Å². The molecule has 0 aromatic carbocycles. The Kier molecular flexibility index (Phi) is 7.06. The average Bonchev–Trinajstić information content (AvgIpc) is 3.22. The number of nitrogens with two attached hydrogens (primary N) is 2. The van der Waals surface area contributed by atoms with Crippen LogP contribution in [0.3, 0.4) is 0 Å². The number of primary amides is 1. The number of nitrogens with one attached hydrogen (secondary N) is 2. The Labute approximate surface area is 161 Å². The number of carboxylic acids is 1. The summed E-state index contributed by atoms with van der Waals surface area (Å²) in [6.45, 7) is 1.10. The minimum Gasteiger partial charge on any atom is -0.480 e. The van der Waals surface area contributed by atoms with Crippen molar-refractivity contribution in [1.29, 1.82) is 0 Å². The lowest BCUT2D eigenvalue weighted by Crippen LogP contribution is -2.52. The molecule has 13 nitrogen and oxygen atoms in total. The zero-order chi connectivity index (χ0) is 21.1. The first-order chi connectivity index (χ1) is 13.0. The van der Waals surface area contributed by atoms with Gasteiger partial charge in [0.2, 0.25) is 11.8 Å². The molecule has 0 bridgehead atoms. The van der Waals surface area contributed by atoms with Gasteiger partial charge in [-0.15, -0.1) is 0 Å². The Hall–Kier alpha value is -2.13. The molecule has 1 aliphatic carbocycles. The number of aliphatic hydroxyl groups is 1. The molecule has 1 aliphatic rings. The molecule has 1 aromatic heterocycles.